The van der Waals surface area contributed by atoms with Gasteiger partial charge in [0.1, 0.15) is 12.6 Å². The molecule has 0 amide bonds. The molecule has 2 spiro atoms. The van der Waals surface area contributed by atoms with E-state index >= 15 is 0 Å². The fraction of sp³-hybridized carbons (Fsp3) is 0.676. The summed E-state index contributed by atoms with van der Waals surface area (Å²) in [5, 5.41) is 4.79. The van der Waals surface area contributed by atoms with E-state index in [4.69, 9.17) is 24.0 Å². The first-order valence-electron chi connectivity index (χ1n) is 15.6. The molecule has 0 radical (unpaired) electrons. The highest BCUT2D eigenvalue weighted by atomic mass is 19.1. The standard InChI is InChI=1S/C34H43FN2O4/c1-31-15-22-17-36-37(25-7-5-24(35)6-8-25)28(22)14-23(31)4-9-26-27-10-11-34(20-40-19-33(34)12-13-39-18-33)32(27,2)16-29(30(26)31)41-21-38-3/h5-8,14,17,26-27,29-30H,4,9-13,15-16,18-21H2,1-3H3/t26?,27?,29-,30?,31-,32-,33?,34+/m0/s1. The van der Waals surface area contributed by atoms with Gasteiger partial charge in [-0.05, 0) is 109 Å². The molecule has 220 valence electrons. The van der Waals surface area contributed by atoms with Crippen LogP contribution >= 0.6 is 0 Å². The van der Waals surface area contributed by atoms with Crippen molar-refractivity contribution in [2.75, 3.05) is 40.3 Å². The van der Waals surface area contributed by atoms with Crippen molar-refractivity contribution in [2.24, 2.45) is 39.4 Å². The number of benzene rings is 1. The Morgan fingerprint density at radius 2 is 1.90 bits per heavy atom. The highest BCUT2D eigenvalue weighted by Crippen LogP contribution is 2.75. The Morgan fingerprint density at radius 3 is 2.68 bits per heavy atom. The van der Waals surface area contributed by atoms with E-state index in [9.17, 15) is 4.39 Å². The van der Waals surface area contributed by atoms with Gasteiger partial charge in [-0.2, -0.15) is 5.10 Å². The Kier molecular flexibility index (Phi) is 5.97. The van der Waals surface area contributed by atoms with E-state index in [1.807, 2.05) is 23.0 Å². The van der Waals surface area contributed by atoms with E-state index in [1.165, 1.54) is 42.5 Å². The average molecular weight is 563 g/mol. The van der Waals surface area contributed by atoms with E-state index in [0.29, 0.717) is 24.5 Å². The molecule has 2 aliphatic heterocycles. The lowest BCUT2D eigenvalue weighted by Crippen LogP contribution is -2.61. The monoisotopic (exact) mass is 562 g/mol. The van der Waals surface area contributed by atoms with Crippen LogP contribution in [-0.2, 0) is 25.4 Å². The number of methoxy groups -OCH3 is 1. The summed E-state index contributed by atoms with van der Waals surface area (Å²) in [7, 11) is 1.74. The number of nitrogens with zero attached hydrogens (tertiary/aromatic N) is 2. The summed E-state index contributed by atoms with van der Waals surface area (Å²) in [6.45, 7) is 8.84. The number of allylic oxidation sites excluding steroid dienone is 1. The molecule has 1 aromatic heterocycles. The summed E-state index contributed by atoms with van der Waals surface area (Å²) >= 11 is 0. The number of ether oxygens (including phenoxy) is 4. The van der Waals surface area contributed by atoms with Crippen molar-refractivity contribution in [3.8, 4) is 5.69 Å². The number of hydrogen-bond donors (Lipinski definition) is 0. The Hall–Kier alpha value is -2.06. The molecule has 5 fully saturated rings. The van der Waals surface area contributed by atoms with Crippen LogP contribution in [0.25, 0.3) is 11.8 Å². The van der Waals surface area contributed by atoms with Crippen LogP contribution in [0.2, 0.25) is 0 Å². The molecule has 7 heteroatoms. The first-order valence-corrected chi connectivity index (χ1v) is 15.6. The lowest BCUT2D eigenvalue weighted by molar-refractivity contribution is -0.201. The van der Waals surface area contributed by atoms with Gasteiger partial charge in [-0.15, -0.1) is 0 Å². The highest BCUT2D eigenvalue weighted by molar-refractivity contribution is 5.61. The van der Waals surface area contributed by atoms with Crippen LogP contribution in [-0.4, -0.2) is 56.2 Å². The molecule has 41 heavy (non-hydrogen) atoms. The van der Waals surface area contributed by atoms with E-state index in [1.54, 1.807) is 7.11 Å². The summed E-state index contributed by atoms with van der Waals surface area (Å²) in [5.41, 5.74) is 5.29. The molecule has 8 rings (SSSR count). The first kappa shape index (κ1) is 26.6. The van der Waals surface area contributed by atoms with Gasteiger partial charge in [0.05, 0.1) is 43.5 Å². The zero-order valence-electron chi connectivity index (χ0n) is 24.7. The summed E-state index contributed by atoms with van der Waals surface area (Å²) in [4.78, 5) is 0. The molecule has 0 bridgehead atoms. The second-order valence-electron chi connectivity index (χ2n) is 14.5. The van der Waals surface area contributed by atoms with Gasteiger partial charge in [0, 0.05) is 24.5 Å². The van der Waals surface area contributed by atoms with Gasteiger partial charge in [0.15, 0.2) is 0 Å². The molecule has 8 atom stereocenters. The predicted molar refractivity (Wildman–Crippen MR) is 153 cm³/mol. The van der Waals surface area contributed by atoms with E-state index in [2.05, 4.69) is 19.9 Å². The molecule has 6 nitrogen and oxygen atoms in total. The van der Waals surface area contributed by atoms with Crippen molar-refractivity contribution in [1.29, 1.82) is 0 Å². The van der Waals surface area contributed by atoms with Gasteiger partial charge in [0.2, 0.25) is 0 Å². The van der Waals surface area contributed by atoms with Gasteiger partial charge < -0.3 is 18.9 Å². The third-order valence-corrected chi connectivity index (χ3v) is 13.1. The number of halogens is 1. The predicted octanol–water partition coefficient (Wildman–Crippen LogP) is 6.22. The van der Waals surface area contributed by atoms with Crippen LogP contribution in [0, 0.1) is 45.2 Å². The molecular weight excluding hydrogens is 519 g/mol. The highest BCUT2D eigenvalue weighted by Gasteiger charge is 2.73. The van der Waals surface area contributed by atoms with E-state index < -0.39 is 0 Å². The quantitative estimate of drug-likeness (QED) is 0.415. The lowest BCUT2D eigenvalue weighted by atomic mass is 9.42. The van der Waals surface area contributed by atoms with Gasteiger partial charge in [-0.1, -0.05) is 19.4 Å². The SMILES string of the molecule is COCO[C@H]1C[C@@]2(C)C(CC[C@@]23COCC32CCOC2)C2CCC3=Cc4c(cnn4-c4ccc(F)cc4)C[C@]3(C)C21. The minimum absolute atomic E-state index is 0.00238. The lowest BCUT2D eigenvalue weighted by Gasteiger charge is -2.63. The number of hydrogen-bond acceptors (Lipinski definition) is 5. The number of rotatable bonds is 4. The zero-order valence-corrected chi connectivity index (χ0v) is 24.7. The topological polar surface area (TPSA) is 54.7 Å². The fourth-order valence-electron chi connectivity index (χ4n) is 11.3. The van der Waals surface area contributed by atoms with E-state index in [-0.39, 0.29) is 33.6 Å². The fourth-order valence-corrected chi connectivity index (χ4v) is 11.3. The van der Waals surface area contributed by atoms with Gasteiger partial charge in [-0.25, -0.2) is 9.07 Å². The Morgan fingerprint density at radius 1 is 1.07 bits per heavy atom. The molecule has 3 saturated carbocycles. The maximum Gasteiger partial charge on any atom is 0.146 e. The second-order valence-corrected chi connectivity index (χ2v) is 14.5. The van der Waals surface area contributed by atoms with Gasteiger partial charge in [0.25, 0.3) is 0 Å². The average Bonchev–Trinajstić information content (AvgIpc) is 3.74. The van der Waals surface area contributed by atoms with Crippen molar-refractivity contribution >= 4 is 6.08 Å². The normalized spacial score (nSPS) is 42.7. The minimum atomic E-state index is -0.227. The largest absolute Gasteiger partial charge is 0.381 e. The van der Waals surface area contributed by atoms with Crippen molar-refractivity contribution < 1.29 is 23.3 Å². The Bertz CT molecular complexity index is 1360. The van der Waals surface area contributed by atoms with Crippen LogP contribution in [0.5, 0.6) is 0 Å². The molecule has 2 saturated heterocycles. The molecule has 6 aliphatic rings. The maximum atomic E-state index is 13.6. The van der Waals surface area contributed by atoms with Crippen LogP contribution in [0.1, 0.15) is 63.6 Å². The van der Waals surface area contributed by atoms with Crippen molar-refractivity contribution in [3.63, 3.8) is 0 Å². The summed E-state index contributed by atoms with van der Waals surface area (Å²) in [6.07, 6.45) is 12.5. The van der Waals surface area contributed by atoms with E-state index in [0.717, 1.165) is 63.5 Å². The Labute approximate surface area is 242 Å². The molecule has 0 N–H and O–H groups in total. The summed E-state index contributed by atoms with van der Waals surface area (Å²) < 4.78 is 40.4. The molecule has 2 aromatic rings. The Balaban J connectivity index is 1.18. The van der Waals surface area contributed by atoms with Crippen molar-refractivity contribution in [3.05, 3.63) is 53.1 Å². The summed E-state index contributed by atoms with van der Waals surface area (Å²) in [5.74, 6) is 1.46. The smallest absolute Gasteiger partial charge is 0.146 e. The molecule has 1 aromatic carbocycles. The third-order valence-electron chi connectivity index (χ3n) is 13.1. The number of aromatic nitrogens is 2. The van der Waals surface area contributed by atoms with Gasteiger partial charge in [-0.3, -0.25) is 0 Å². The first-order chi connectivity index (χ1) is 19.8. The number of fused-ring (bicyclic) bond motifs is 8. The summed E-state index contributed by atoms with van der Waals surface area (Å²) in [6, 6.07) is 6.65. The molecular formula is C34H43FN2O4. The van der Waals surface area contributed by atoms with Crippen LogP contribution < -0.4 is 0 Å². The molecule has 3 heterocycles. The van der Waals surface area contributed by atoms with Crippen molar-refractivity contribution in [2.45, 2.75) is 64.9 Å². The van der Waals surface area contributed by atoms with Crippen LogP contribution in [0.3, 0.4) is 0 Å². The maximum absolute atomic E-state index is 13.6. The second kappa shape index (κ2) is 9.22. The minimum Gasteiger partial charge on any atom is -0.381 e. The molecule has 4 aliphatic carbocycles. The third kappa shape index (κ3) is 3.46. The van der Waals surface area contributed by atoms with Crippen LogP contribution in [0.4, 0.5) is 4.39 Å². The van der Waals surface area contributed by atoms with Crippen LogP contribution in [0.15, 0.2) is 36.0 Å². The van der Waals surface area contributed by atoms with Crippen molar-refractivity contribution in [1.82, 2.24) is 9.78 Å². The zero-order chi connectivity index (χ0) is 28.0. The molecule has 4 unspecified atom stereocenters. The van der Waals surface area contributed by atoms with Gasteiger partial charge >= 0.3 is 0 Å².